The van der Waals surface area contributed by atoms with Crippen LogP contribution in [0.15, 0.2) is 42.5 Å². The van der Waals surface area contributed by atoms with Crippen LogP contribution in [0.3, 0.4) is 0 Å². The van der Waals surface area contributed by atoms with Gasteiger partial charge in [-0.3, -0.25) is 9.59 Å². The predicted molar refractivity (Wildman–Crippen MR) is 109 cm³/mol. The Morgan fingerprint density at radius 3 is 2.19 bits per heavy atom. The normalized spacial score (nSPS) is 11.7. The number of rotatable bonds is 7. The molecule has 4 heteroatoms. The summed E-state index contributed by atoms with van der Waals surface area (Å²) in [5, 5.41) is 2.83. The molecule has 4 nitrogen and oxygen atoms in total. The molecule has 144 valence electrons. The molecule has 2 amide bonds. The second-order valence-electron chi connectivity index (χ2n) is 7.25. The molecule has 0 bridgehead atoms. The van der Waals surface area contributed by atoms with Crippen molar-refractivity contribution in [3.8, 4) is 0 Å². The third-order valence-electron chi connectivity index (χ3n) is 4.59. The summed E-state index contributed by atoms with van der Waals surface area (Å²) in [6.07, 6.45) is 0.290. The largest absolute Gasteiger partial charge is 0.355 e. The lowest BCUT2D eigenvalue weighted by molar-refractivity contribution is -0.140. The van der Waals surface area contributed by atoms with Gasteiger partial charge in [0.25, 0.3) is 0 Å². The van der Waals surface area contributed by atoms with Crippen molar-refractivity contribution in [2.24, 2.45) is 0 Å². The lowest BCUT2D eigenvalue weighted by atomic mass is 10.0. The van der Waals surface area contributed by atoms with Crippen molar-refractivity contribution in [1.82, 2.24) is 10.2 Å². The van der Waals surface area contributed by atoms with Gasteiger partial charge in [-0.1, -0.05) is 59.2 Å². The summed E-state index contributed by atoms with van der Waals surface area (Å²) in [7, 11) is 0. The summed E-state index contributed by atoms with van der Waals surface area (Å²) in [6.45, 7) is 10.7. The molecule has 0 saturated heterocycles. The monoisotopic (exact) mass is 366 g/mol. The molecular weight excluding hydrogens is 336 g/mol. The molecule has 0 heterocycles. The number of benzene rings is 2. The Hall–Kier alpha value is -2.62. The highest BCUT2D eigenvalue weighted by Crippen LogP contribution is 2.15. The van der Waals surface area contributed by atoms with Gasteiger partial charge >= 0.3 is 0 Å². The molecule has 1 N–H and O–H groups in total. The van der Waals surface area contributed by atoms with E-state index in [0.717, 1.165) is 27.8 Å². The van der Waals surface area contributed by atoms with Crippen molar-refractivity contribution in [2.75, 3.05) is 6.54 Å². The highest BCUT2D eigenvalue weighted by Gasteiger charge is 2.26. The molecule has 1 atom stereocenters. The Bertz CT molecular complexity index is 794. The summed E-state index contributed by atoms with van der Waals surface area (Å²) in [5.74, 6) is -0.167. The summed E-state index contributed by atoms with van der Waals surface area (Å²) in [6, 6.07) is 13.7. The van der Waals surface area contributed by atoms with Gasteiger partial charge < -0.3 is 10.2 Å². The highest BCUT2D eigenvalue weighted by molar-refractivity contribution is 5.88. The zero-order valence-electron chi connectivity index (χ0n) is 17.0. The molecule has 0 spiro atoms. The molecule has 0 saturated carbocycles. The average molecular weight is 367 g/mol. The Balaban J connectivity index is 2.26. The Kier molecular flexibility index (Phi) is 7.17. The fourth-order valence-electron chi connectivity index (χ4n) is 3.36. The van der Waals surface area contributed by atoms with Crippen LogP contribution in [0.5, 0.6) is 0 Å². The van der Waals surface area contributed by atoms with Gasteiger partial charge in [0, 0.05) is 13.1 Å². The van der Waals surface area contributed by atoms with E-state index < -0.39 is 6.04 Å². The molecule has 2 aromatic carbocycles. The van der Waals surface area contributed by atoms with E-state index >= 15 is 0 Å². The molecule has 0 aliphatic heterocycles. The minimum atomic E-state index is -0.524. The number of hydrogen-bond acceptors (Lipinski definition) is 2. The van der Waals surface area contributed by atoms with Crippen molar-refractivity contribution in [1.29, 1.82) is 0 Å². The number of carbonyl (C=O) groups is 2. The SMILES string of the molecule is CCNC(=O)[C@H](C)N(Cc1cccc(C)c1)C(=O)Cc1cc(C)cc(C)c1. The van der Waals surface area contributed by atoms with E-state index in [1.807, 2.05) is 58.0 Å². The van der Waals surface area contributed by atoms with Gasteiger partial charge in [-0.2, -0.15) is 0 Å². The number of hydrogen-bond donors (Lipinski definition) is 1. The minimum Gasteiger partial charge on any atom is -0.355 e. The van der Waals surface area contributed by atoms with Crippen molar-refractivity contribution < 1.29 is 9.59 Å². The molecular formula is C23H30N2O2. The van der Waals surface area contributed by atoms with Crippen LogP contribution in [0, 0.1) is 20.8 Å². The maximum absolute atomic E-state index is 13.1. The van der Waals surface area contributed by atoms with E-state index in [9.17, 15) is 9.59 Å². The molecule has 0 aliphatic rings. The molecule has 2 aromatic rings. The average Bonchev–Trinajstić information content (AvgIpc) is 2.58. The van der Waals surface area contributed by atoms with Crippen molar-refractivity contribution in [3.05, 3.63) is 70.3 Å². The Morgan fingerprint density at radius 2 is 1.59 bits per heavy atom. The fourth-order valence-corrected chi connectivity index (χ4v) is 3.36. The lowest BCUT2D eigenvalue weighted by Crippen LogP contribution is -2.48. The van der Waals surface area contributed by atoms with E-state index in [2.05, 4.69) is 17.4 Å². The van der Waals surface area contributed by atoms with E-state index in [1.165, 1.54) is 0 Å². The summed E-state index contributed by atoms with van der Waals surface area (Å²) < 4.78 is 0. The van der Waals surface area contributed by atoms with E-state index in [1.54, 1.807) is 11.8 Å². The van der Waals surface area contributed by atoms with Crippen LogP contribution >= 0.6 is 0 Å². The van der Waals surface area contributed by atoms with Gasteiger partial charge in [-0.15, -0.1) is 0 Å². The van der Waals surface area contributed by atoms with Crippen LogP contribution in [0.1, 0.15) is 41.7 Å². The number of likely N-dealkylation sites (N-methyl/N-ethyl adjacent to an activating group) is 1. The van der Waals surface area contributed by atoms with Crippen LogP contribution in [0.4, 0.5) is 0 Å². The summed E-state index contributed by atoms with van der Waals surface area (Å²) in [5.41, 5.74) is 5.43. The quantitative estimate of drug-likeness (QED) is 0.812. The first-order valence-corrected chi connectivity index (χ1v) is 9.50. The zero-order valence-corrected chi connectivity index (χ0v) is 17.0. The first-order valence-electron chi connectivity index (χ1n) is 9.50. The molecule has 0 aromatic heterocycles. The number of nitrogens with one attached hydrogen (secondary N) is 1. The number of amides is 2. The topological polar surface area (TPSA) is 49.4 Å². The summed E-state index contributed by atoms with van der Waals surface area (Å²) >= 11 is 0. The minimum absolute atomic E-state index is 0.0414. The van der Waals surface area contributed by atoms with Crippen molar-refractivity contribution in [2.45, 2.75) is 53.6 Å². The maximum atomic E-state index is 13.1. The maximum Gasteiger partial charge on any atom is 0.242 e. The van der Waals surface area contributed by atoms with Crippen LogP contribution < -0.4 is 5.32 Å². The molecule has 0 radical (unpaired) electrons. The molecule has 0 aliphatic carbocycles. The molecule has 0 unspecified atom stereocenters. The van der Waals surface area contributed by atoms with Crippen LogP contribution in [-0.2, 0) is 22.6 Å². The Labute approximate surface area is 162 Å². The van der Waals surface area contributed by atoms with Gasteiger partial charge in [0.2, 0.25) is 11.8 Å². The van der Waals surface area contributed by atoms with Gasteiger partial charge in [0.05, 0.1) is 6.42 Å². The first kappa shape index (κ1) is 20.7. The zero-order chi connectivity index (χ0) is 20.0. The molecule has 0 fully saturated rings. The standard InChI is InChI=1S/C23H30N2O2/c1-6-24-23(27)19(5)25(15-20-9-7-8-16(2)11-20)22(26)14-21-12-17(3)10-18(4)13-21/h7-13,19H,6,14-15H2,1-5H3,(H,24,27)/t19-/m0/s1. The van der Waals surface area contributed by atoms with Crippen LogP contribution in [0.25, 0.3) is 0 Å². The van der Waals surface area contributed by atoms with Gasteiger partial charge in [-0.25, -0.2) is 0 Å². The third-order valence-corrected chi connectivity index (χ3v) is 4.59. The third kappa shape index (κ3) is 5.95. The predicted octanol–water partition coefficient (Wildman–Crippen LogP) is 3.71. The molecule has 2 rings (SSSR count). The van der Waals surface area contributed by atoms with Gasteiger partial charge in [-0.05, 0) is 45.7 Å². The van der Waals surface area contributed by atoms with Crippen molar-refractivity contribution in [3.63, 3.8) is 0 Å². The van der Waals surface area contributed by atoms with E-state index in [4.69, 9.17) is 0 Å². The molecule has 27 heavy (non-hydrogen) atoms. The van der Waals surface area contributed by atoms with Gasteiger partial charge in [0.1, 0.15) is 6.04 Å². The number of carbonyl (C=O) groups excluding carboxylic acids is 2. The second-order valence-corrected chi connectivity index (χ2v) is 7.25. The first-order chi connectivity index (χ1) is 12.8. The summed E-state index contributed by atoms with van der Waals surface area (Å²) in [4.78, 5) is 27.2. The van der Waals surface area contributed by atoms with Gasteiger partial charge in [0.15, 0.2) is 0 Å². The fraction of sp³-hybridized carbons (Fsp3) is 0.391. The van der Waals surface area contributed by atoms with Crippen molar-refractivity contribution >= 4 is 11.8 Å². The smallest absolute Gasteiger partial charge is 0.242 e. The Morgan fingerprint density at radius 1 is 0.963 bits per heavy atom. The van der Waals surface area contributed by atoms with E-state index in [0.29, 0.717) is 13.1 Å². The number of nitrogens with zero attached hydrogens (tertiary/aromatic N) is 1. The van der Waals surface area contributed by atoms with Crippen LogP contribution in [0.2, 0.25) is 0 Å². The highest BCUT2D eigenvalue weighted by atomic mass is 16.2. The van der Waals surface area contributed by atoms with Crippen LogP contribution in [-0.4, -0.2) is 29.3 Å². The number of aryl methyl sites for hydroxylation is 3. The lowest BCUT2D eigenvalue weighted by Gasteiger charge is -2.29. The second kappa shape index (κ2) is 9.36. The van der Waals surface area contributed by atoms with E-state index in [-0.39, 0.29) is 18.2 Å².